The van der Waals surface area contributed by atoms with Crippen LogP contribution in [0, 0.1) is 11.3 Å². The van der Waals surface area contributed by atoms with Gasteiger partial charge in [0.15, 0.2) is 0 Å². The van der Waals surface area contributed by atoms with E-state index < -0.39 is 0 Å². The highest BCUT2D eigenvalue weighted by Gasteiger charge is 2.03. The Morgan fingerprint density at radius 2 is 2.15 bits per heavy atom. The van der Waals surface area contributed by atoms with Crippen LogP contribution in [0.4, 0.5) is 0 Å². The second-order valence-corrected chi connectivity index (χ2v) is 3.58. The zero-order chi connectivity index (χ0) is 10.1. The maximum atomic E-state index is 8.74. The number of hydrogen-bond donors (Lipinski definition) is 1. The van der Waals surface area contributed by atoms with Gasteiger partial charge >= 0.3 is 0 Å². The SMILES string of the molecule is CCCC(C#N)NCCCN(C)C. The summed E-state index contributed by atoms with van der Waals surface area (Å²) >= 11 is 0. The summed E-state index contributed by atoms with van der Waals surface area (Å²) in [4.78, 5) is 2.16. The molecule has 0 saturated carbocycles. The molecular formula is C10H21N3. The summed E-state index contributed by atoms with van der Waals surface area (Å²) in [6.45, 7) is 4.12. The van der Waals surface area contributed by atoms with Crippen molar-refractivity contribution in [2.45, 2.75) is 32.2 Å². The molecule has 1 atom stereocenters. The minimum atomic E-state index is 0.0483. The van der Waals surface area contributed by atoms with Gasteiger partial charge in [0.2, 0.25) is 0 Å². The Balaban J connectivity index is 3.34. The molecule has 0 heterocycles. The van der Waals surface area contributed by atoms with E-state index in [9.17, 15) is 0 Å². The third-order valence-electron chi connectivity index (χ3n) is 1.91. The molecule has 3 heteroatoms. The third kappa shape index (κ3) is 7.76. The van der Waals surface area contributed by atoms with E-state index >= 15 is 0 Å². The van der Waals surface area contributed by atoms with Crippen LogP contribution in [0.15, 0.2) is 0 Å². The molecule has 13 heavy (non-hydrogen) atoms. The molecule has 0 aliphatic heterocycles. The minimum Gasteiger partial charge on any atom is -0.309 e. The first-order valence-corrected chi connectivity index (χ1v) is 4.98. The van der Waals surface area contributed by atoms with Crippen molar-refractivity contribution in [1.82, 2.24) is 10.2 Å². The Labute approximate surface area is 81.7 Å². The van der Waals surface area contributed by atoms with Gasteiger partial charge in [-0.25, -0.2) is 0 Å². The van der Waals surface area contributed by atoms with Crippen molar-refractivity contribution < 1.29 is 0 Å². The van der Waals surface area contributed by atoms with Crippen LogP contribution < -0.4 is 5.32 Å². The molecule has 0 aromatic carbocycles. The monoisotopic (exact) mass is 183 g/mol. The van der Waals surface area contributed by atoms with Crippen molar-refractivity contribution in [2.24, 2.45) is 0 Å². The quantitative estimate of drug-likeness (QED) is 0.603. The lowest BCUT2D eigenvalue weighted by Gasteiger charge is -2.12. The Morgan fingerprint density at radius 1 is 1.46 bits per heavy atom. The molecule has 1 unspecified atom stereocenters. The molecule has 3 nitrogen and oxygen atoms in total. The molecule has 0 aromatic rings. The number of rotatable bonds is 7. The minimum absolute atomic E-state index is 0.0483. The summed E-state index contributed by atoms with van der Waals surface area (Å²) in [6.07, 6.45) is 3.13. The molecule has 0 amide bonds. The van der Waals surface area contributed by atoms with E-state index in [1.165, 1.54) is 0 Å². The van der Waals surface area contributed by atoms with Crippen LogP contribution in [0.3, 0.4) is 0 Å². The molecule has 0 fully saturated rings. The summed E-state index contributed by atoms with van der Waals surface area (Å²) in [5.41, 5.74) is 0. The van der Waals surface area contributed by atoms with Gasteiger partial charge < -0.3 is 10.2 Å². The highest BCUT2D eigenvalue weighted by Crippen LogP contribution is 1.94. The van der Waals surface area contributed by atoms with Gasteiger partial charge in [-0.2, -0.15) is 5.26 Å². The van der Waals surface area contributed by atoms with Gasteiger partial charge in [-0.1, -0.05) is 13.3 Å². The van der Waals surface area contributed by atoms with E-state index in [1.54, 1.807) is 0 Å². The van der Waals surface area contributed by atoms with E-state index in [0.717, 1.165) is 32.4 Å². The zero-order valence-electron chi connectivity index (χ0n) is 9.01. The van der Waals surface area contributed by atoms with Crippen molar-refractivity contribution in [3.8, 4) is 6.07 Å². The Hall–Kier alpha value is -0.590. The lowest BCUT2D eigenvalue weighted by Crippen LogP contribution is -2.30. The van der Waals surface area contributed by atoms with Gasteiger partial charge in [-0.05, 0) is 40.0 Å². The van der Waals surface area contributed by atoms with Gasteiger partial charge in [0.05, 0.1) is 12.1 Å². The normalized spacial score (nSPS) is 12.8. The molecule has 0 radical (unpaired) electrons. The summed E-state index contributed by atoms with van der Waals surface area (Å²) in [6, 6.07) is 2.31. The smallest absolute Gasteiger partial charge is 0.0952 e. The largest absolute Gasteiger partial charge is 0.309 e. The molecule has 76 valence electrons. The summed E-state index contributed by atoms with van der Waals surface area (Å²) < 4.78 is 0. The average Bonchev–Trinajstić information content (AvgIpc) is 2.10. The van der Waals surface area contributed by atoms with E-state index in [0.29, 0.717) is 0 Å². The van der Waals surface area contributed by atoms with Crippen molar-refractivity contribution >= 4 is 0 Å². The molecule has 0 aromatic heterocycles. The molecule has 0 aliphatic rings. The van der Waals surface area contributed by atoms with Gasteiger partial charge in [0.25, 0.3) is 0 Å². The number of hydrogen-bond acceptors (Lipinski definition) is 3. The van der Waals surface area contributed by atoms with Crippen LogP contribution in [-0.4, -0.2) is 38.1 Å². The van der Waals surface area contributed by atoms with Gasteiger partial charge in [0.1, 0.15) is 0 Å². The Morgan fingerprint density at radius 3 is 2.62 bits per heavy atom. The van der Waals surface area contributed by atoms with Gasteiger partial charge in [-0.15, -0.1) is 0 Å². The molecule has 0 aliphatic carbocycles. The fourth-order valence-electron chi connectivity index (χ4n) is 1.17. The molecule has 1 N–H and O–H groups in total. The first kappa shape index (κ1) is 12.4. The molecule has 0 bridgehead atoms. The average molecular weight is 183 g/mol. The van der Waals surface area contributed by atoms with E-state index in [1.807, 2.05) is 0 Å². The maximum absolute atomic E-state index is 8.74. The van der Waals surface area contributed by atoms with E-state index in [-0.39, 0.29) is 6.04 Å². The highest BCUT2D eigenvalue weighted by atomic mass is 15.1. The number of nitrogens with zero attached hydrogens (tertiary/aromatic N) is 2. The second kappa shape index (κ2) is 8.03. The predicted octanol–water partition coefficient (Wildman–Crippen LogP) is 1.22. The lowest BCUT2D eigenvalue weighted by atomic mass is 10.2. The standard InChI is InChI=1S/C10H21N3/c1-4-6-10(9-11)12-7-5-8-13(2)3/h10,12H,4-8H2,1-3H3. The predicted molar refractivity (Wildman–Crippen MR) is 55.5 cm³/mol. The van der Waals surface area contributed by atoms with Crippen LogP contribution >= 0.6 is 0 Å². The molecule has 0 rings (SSSR count). The topological polar surface area (TPSA) is 39.1 Å². The van der Waals surface area contributed by atoms with Crippen molar-refractivity contribution in [2.75, 3.05) is 27.2 Å². The maximum Gasteiger partial charge on any atom is 0.0952 e. The summed E-state index contributed by atoms with van der Waals surface area (Å²) in [7, 11) is 4.13. The second-order valence-electron chi connectivity index (χ2n) is 3.58. The Kier molecular flexibility index (Phi) is 7.66. The van der Waals surface area contributed by atoms with Crippen molar-refractivity contribution in [1.29, 1.82) is 5.26 Å². The molecule has 0 saturated heterocycles. The fraction of sp³-hybridized carbons (Fsp3) is 0.900. The number of nitriles is 1. The Bertz CT molecular complexity index is 149. The van der Waals surface area contributed by atoms with Crippen LogP contribution in [-0.2, 0) is 0 Å². The van der Waals surface area contributed by atoms with Crippen LogP contribution in [0.2, 0.25) is 0 Å². The van der Waals surface area contributed by atoms with Crippen LogP contribution in [0.1, 0.15) is 26.2 Å². The third-order valence-corrected chi connectivity index (χ3v) is 1.91. The first-order chi connectivity index (χ1) is 6.20. The first-order valence-electron chi connectivity index (χ1n) is 4.98. The molecular weight excluding hydrogens is 162 g/mol. The summed E-state index contributed by atoms with van der Waals surface area (Å²) in [5.74, 6) is 0. The van der Waals surface area contributed by atoms with Crippen LogP contribution in [0.25, 0.3) is 0 Å². The fourth-order valence-corrected chi connectivity index (χ4v) is 1.17. The van der Waals surface area contributed by atoms with E-state index in [4.69, 9.17) is 5.26 Å². The van der Waals surface area contributed by atoms with Crippen molar-refractivity contribution in [3.63, 3.8) is 0 Å². The zero-order valence-corrected chi connectivity index (χ0v) is 9.01. The lowest BCUT2D eigenvalue weighted by molar-refractivity contribution is 0.390. The summed E-state index contributed by atoms with van der Waals surface area (Å²) in [5, 5.41) is 12.0. The number of nitrogens with one attached hydrogen (secondary N) is 1. The molecule has 0 spiro atoms. The van der Waals surface area contributed by atoms with Gasteiger partial charge in [0, 0.05) is 0 Å². The highest BCUT2D eigenvalue weighted by molar-refractivity contribution is 4.88. The van der Waals surface area contributed by atoms with Crippen molar-refractivity contribution in [3.05, 3.63) is 0 Å². The van der Waals surface area contributed by atoms with Gasteiger partial charge in [-0.3, -0.25) is 0 Å². The van der Waals surface area contributed by atoms with Crippen LogP contribution in [0.5, 0.6) is 0 Å². The van der Waals surface area contributed by atoms with E-state index in [2.05, 4.69) is 37.3 Å².